The molecule has 1 aliphatic rings. The number of ether oxygens (including phenoxy) is 3. The highest BCUT2D eigenvalue weighted by molar-refractivity contribution is 6.13. The topological polar surface area (TPSA) is 65.1 Å². The average molecular weight is 345 g/mol. The molecule has 6 nitrogen and oxygen atoms in total. The lowest BCUT2D eigenvalue weighted by Crippen LogP contribution is -2.31. The minimum Gasteiger partial charge on any atom is -0.493 e. The molecule has 0 N–H and O–H groups in total. The molecular formula is C18H16FNO5. The van der Waals surface area contributed by atoms with Crippen LogP contribution in [0.2, 0.25) is 0 Å². The van der Waals surface area contributed by atoms with Crippen molar-refractivity contribution in [3.05, 3.63) is 52.8 Å². The predicted molar refractivity (Wildman–Crippen MR) is 86.7 cm³/mol. The second kappa shape index (κ2) is 6.43. The Morgan fingerprint density at radius 1 is 1.08 bits per heavy atom. The minimum atomic E-state index is -0.583. The molecule has 3 rings (SSSR count). The van der Waals surface area contributed by atoms with Gasteiger partial charge >= 0.3 is 0 Å². The Balaban J connectivity index is 2.05. The number of methoxy groups -OCH3 is 3. The molecule has 2 amide bonds. The van der Waals surface area contributed by atoms with E-state index in [9.17, 15) is 14.0 Å². The fourth-order valence-electron chi connectivity index (χ4n) is 2.88. The molecule has 0 aliphatic carbocycles. The maximum absolute atomic E-state index is 13.4. The van der Waals surface area contributed by atoms with Gasteiger partial charge in [0.15, 0.2) is 11.5 Å². The maximum atomic E-state index is 13.4. The number of rotatable bonds is 4. The molecule has 7 heteroatoms. The maximum Gasteiger partial charge on any atom is 0.261 e. The van der Waals surface area contributed by atoms with Crippen molar-refractivity contribution in [1.29, 1.82) is 0 Å². The van der Waals surface area contributed by atoms with Gasteiger partial charge in [0, 0.05) is 11.1 Å². The normalized spacial score (nSPS) is 12.8. The highest BCUT2D eigenvalue weighted by Crippen LogP contribution is 2.45. The first kappa shape index (κ1) is 16.8. The second-order valence-electron chi connectivity index (χ2n) is 5.38. The standard InChI is InChI=1S/C18H16FNO5/c1-23-14-8-12-13(15(24-2)16(14)25-3)9-20(18(12)22)17(21)10-5-4-6-11(19)7-10/h4-8H,9H2,1-3H3. The zero-order valence-electron chi connectivity index (χ0n) is 14.0. The summed E-state index contributed by atoms with van der Waals surface area (Å²) < 4.78 is 29.3. The molecule has 1 aliphatic heterocycles. The molecule has 0 fully saturated rings. The average Bonchev–Trinajstić information content (AvgIpc) is 2.95. The number of imide groups is 1. The van der Waals surface area contributed by atoms with E-state index in [0.717, 1.165) is 11.0 Å². The quantitative estimate of drug-likeness (QED) is 0.797. The summed E-state index contributed by atoms with van der Waals surface area (Å²) in [7, 11) is 4.34. The molecule has 0 radical (unpaired) electrons. The summed E-state index contributed by atoms with van der Waals surface area (Å²) in [6.07, 6.45) is 0. The van der Waals surface area contributed by atoms with Crippen molar-refractivity contribution in [1.82, 2.24) is 4.90 Å². The van der Waals surface area contributed by atoms with Crippen LogP contribution in [0.3, 0.4) is 0 Å². The van der Waals surface area contributed by atoms with Crippen LogP contribution in [0, 0.1) is 5.82 Å². The highest BCUT2D eigenvalue weighted by Gasteiger charge is 2.37. The summed E-state index contributed by atoms with van der Waals surface area (Å²) in [6.45, 7) is 0.00699. The van der Waals surface area contributed by atoms with Gasteiger partial charge in [-0.05, 0) is 24.3 Å². The number of hydrogen-bond donors (Lipinski definition) is 0. The number of benzene rings is 2. The van der Waals surface area contributed by atoms with Crippen molar-refractivity contribution in [2.45, 2.75) is 6.54 Å². The van der Waals surface area contributed by atoms with E-state index >= 15 is 0 Å². The third kappa shape index (κ3) is 2.67. The number of hydrogen-bond acceptors (Lipinski definition) is 5. The molecule has 25 heavy (non-hydrogen) atoms. The van der Waals surface area contributed by atoms with Crippen LogP contribution >= 0.6 is 0 Å². The van der Waals surface area contributed by atoms with Gasteiger partial charge in [-0.25, -0.2) is 4.39 Å². The molecular weight excluding hydrogens is 329 g/mol. The molecule has 0 saturated heterocycles. The van der Waals surface area contributed by atoms with E-state index in [4.69, 9.17) is 14.2 Å². The largest absolute Gasteiger partial charge is 0.493 e. The Labute approximate surface area is 143 Å². The van der Waals surface area contributed by atoms with E-state index in [-0.39, 0.29) is 12.1 Å². The number of carbonyl (C=O) groups excluding carboxylic acids is 2. The molecule has 2 aromatic rings. The smallest absolute Gasteiger partial charge is 0.261 e. The van der Waals surface area contributed by atoms with Crippen LogP contribution in [0.15, 0.2) is 30.3 Å². The van der Waals surface area contributed by atoms with E-state index in [2.05, 4.69) is 0 Å². The first-order chi connectivity index (χ1) is 12.0. The van der Waals surface area contributed by atoms with E-state index < -0.39 is 17.6 Å². The Morgan fingerprint density at radius 3 is 2.40 bits per heavy atom. The number of halogens is 1. The summed E-state index contributed by atoms with van der Waals surface area (Å²) in [5.41, 5.74) is 0.910. The first-order valence-electron chi connectivity index (χ1n) is 7.45. The Bertz CT molecular complexity index is 865. The van der Waals surface area contributed by atoms with Gasteiger partial charge < -0.3 is 14.2 Å². The van der Waals surface area contributed by atoms with Crippen molar-refractivity contribution in [3.8, 4) is 17.2 Å². The Morgan fingerprint density at radius 2 is 1.80 bits per heavy atom. The SMILES string of the molecule is COc1cc2c(c(OC)c1OC)CN(C(=O)c1cccc(F)c1)C2=O. The fraction of sp³-hybridized carbons (Fsp3) is 0.222. The van der Waals surface area contributed by atoms with Crippen molar-refractivity contribution in [3.63, 3.8) is 0 Å². The molecule has 0 saturated carbocycles. The molecule has 0 bridgehead atoms. The van der Waals surface area contributed by atoms with Crippen LogP contribution in [-0.4, -0.2) is 38.0 Å². The second-order valence-corrected chi connectivity index (χ2v) is 5.38. The summed E-state index contributed by atoms with van der Waals surface area (Å²) in [4.78, 5) is 26.4. The first-order valence-corrected chi connectivity index (χ1v) is 7.45. The molecule has 0 unspecified atom stereocenters. The monoisotopic (exact) mass is 345 g/mol. The number of fused-ring (bicyclic) bond motifs is 1. The van der Waals surface area contributed by atoms with E-state index in [1.165, 1.54) is 45.6 Å². The predicted octanol–water partition coefficient (Wildman–Crippen LogP) is 2.65. The van der Waals surface area contributed by atoms with Gasteiger partial charge in [0.25, 0.3) is 11.8 Å². The minimum absolute atomic E-state index is 0.00699. The van der Waals surface area contributed by atoms with Gasteiger partial charge in [0.1, 0.15) is 5.82 Å². The zero-order valence-corrected chi connectivity index (χ0v) is 14.0. The van der Waals surface area contributed by atoms with Crippen molar-refractivity contribution >= 4 is 11.8 Å². The van der Waals surface area contributed by atoms with Crippen molar-refractivity contribution in [2.75, 3.05) is 21.3 Å². The molecule has 0 aromatic heterocycles. The van der Waals surface area contributed by atoms with Crippen LogP contribution in [-0.2, 0) is 6.54 Å². The highest BCUT2D eigenvalue weighted by atomic mass is 19.1. The molecule has 2 aromatic carbocycles. The van der Waals surface area contributed by atoms with Gasteiger partial charge in [0.2, 0.25) is 5.75 Å². The van der Waals surface area contributed by atoms with Crippen LogP contribution in [0.4, 0.5) is 4.39 Å². The Kier molecular flexibility index (Phi) is 4.31. The van der Waals surface area contributed by atoms with Gasteiger partial charge in [0.05, 0.1) is 33.4 Å². The van der Waals surface area contributed by atoms with Crippen molar-refractivity contribution < 1.29 is 28.2 Å². The van der Waals surface area contributed by atoms with Gasteiger partial charge in [-0.15, -0.1) is 0 Å². The number of nitrogens with zero attached hydrogens (tertiary/aromatic N) is 1. The van der Waals surface area contributed by atoms with Crippen LogP contribution in [0.25, 0.3) is 0 Å². The summed E-state index contributed by atoms with van der Waals surface area (Å²) in [5.74, 6) is -0.622. The third-order valence-corrected chi connectivity index (χ3v) is 4.04. The van der Waals surface area contributed by atoms with E-state index in [1.54, 1.807) is 0 Å². The number of amides is 2. The van der Waals surface area contributed by atoms with Crippen LogP contribution < -0.4 is 14.2 Å². The summed E-state index contributed by atoms with van der Waals surface area (Å²) >= 11 is 0. The summed E-state index contributed by atoms with van der Waals surface area (Å²) in [6, 6.07) is 6.72. The molecule has 0 atom stereocenters. The van der Waals surface area contributed by atoms with Gasteiger partial charge in [-0.2, -0.15) is 0 Å². The van der Waals surface area contributed by atoms with E-state index in [1.807, 2.05) is 0 Å². The van der Waals surface area contributed by atoms with Gasteiger partial charge in [-0.1, -0.05) is 6.07 Å². The lowest BCUT2D eigenvalue weighted by atomic mass is 10.1. The lowest BCUT2D eigenvalue weighted by molar-refractivity contribution is 0.0630. The van der Waals surface area contributed by atoms with Gasteiger partial charge in [-0.3, -0.25) is 14.5 Å². The molecule has 130 valence electrons. The fourth-order valence-corrected chi connectivity index (χ4v) is 2.88. The zero-order chi connectivity index (χ0) is 18.1. The van der Waals surface area contributed by atoms with Crippen LogP contribution in [0.5, 0.6) is 17.2 Å². The lowest BCUT2D eigenvalue weighted by Gasteiger charge is -2.15. The summed E-state index contributed by atoms with van der Waals surface area (Å²) in [5, 5.41) is 0. The molecule has 0 spiro atoms. The van der Waals surface area contributed by atoms with E-state index in [0.29, 0.717) is 28.4 Å². The molecule has 1 heterocycles. The van der Waals surface area contributed by atoms with Crippen molar-refractivity contribution in [2.24, 2.45) is 0 Å². The number of carbonyl (C=O) groups is 2. The van der Waals surface area contributed by atoms with Crippen LogP contribution in [0.1, 0.15) is 26.3 Å². The Hall–Kier alpha value is -3.09. The third-order valence-electron chi connectivity index (χ3n) is 4.04.